The van der Waals surface area contributed by atoms with Crippen LogP contribution in [0.4, 0.5) is 5.95 Å². The zero-order valence-electron chi connectivity index (χ0n) is 19.8. The van der Waals surface area contributed by atoms with E-state index in [1.165, 1.54) is 0 Å². The van der Waals surface area contributed by atoms with Crippen molar-refractivity contribution in [3.63, 3.8) is 0 Å². The molecule has 1 aliphatic rings. The number of carbonyl (C=O) groups excluding carboxylic acids is 2. The number of nitrogens with one attached hydrogen (secondary N) is 1. The highest BCUT2D eigenvalue weighted by Gasteiger charge is 2.23. The van der Waals surface area contributed by atoms with Crippen LogP contribution >= 0.6 is 0 Å². The van der Waals surface area contributed by atoms with Crippen LogP contribution in [0.5, 0.6) is 5.75 Å². The number of fused-ring (bicyclic) bond motifs is 1. The van der Waals surface area contributed by atoms with Gasteiger partial charge in [0, 0.05) is 43.3 Å². The lowest BCUT2D eigenvalue weighted by molar-refractivity contribution is -0.132. The predicted molar refractivity (Wildman–Crippen MR) is 131 cm³/mol. The molecule has 0 fully saturated rings. The van der Waals surface area contributed by atoms with Gasteiger partial charge in [-0.05, 0) is 41.2 Å². The highest BCUT2D eigenvalue weighted by molar-refractivity contribution is 6.03. The Kier molecular flexibility index (Phi) is 6.63. The van der Waals surface area contributed by atoms with E-state index in [-0.39, 0.29) is 28.9 Å². The number of phenolic OH excluding ortho intramolecular Hbond substituents is 1. The van der Waals surface area contributed by atoms with E-state index in [2.05, 4.69) is 36.1 Å². The second kappa shape index (κ2) is 9.63. The van der Waals surface area contributed by atoms with E-state index >= 15 is 0 Å². The van der Waals surface area contributed by atoms with Crippen LogP contribution in [0.1, 0.15) is 59.9 Å². The molecule has 0 aliphatic carbocycles. The summed E-state index contributed by atoms with van der Waals surface area (Å²) in [5.41, 5.74) is 4.23. The molecule has 2 amide bonds. The maximum absolute atomic E-state index is 12.7. The second-order valence-corrected chi connectivity index (χ2v) is 9.64. The summed E-state index contributed by atoms with van der Waals surface area (Å²) < 4.78 is 0. The average molecular weight is 459 g/mol. The Morgan fingerprint density at radius 2 is 1.82 bits per heavy atom. The van der Waals surface area contributed by atoms with Gasteiger partial charge < -0.3 is 10.0 Å². The SMILES string of the molecule is CC(C)(C)c1ccc(C(=O)Nc2ncc3c(n2)CCN(C(=O)CCc2ccccc2O)C3)cc1. The Labute approximate surface area is 199 Å². The first kappa shape index (κ1) is 23.4. The Balaban J connectivity index is 1.36. The van der Waals surface area contributed by atoms with Gasteiger partial charge in [0.15, 0.2) is 0 Å². The number of hydrogen-bond acceptors (Lipinski definition) is 5. The molecular weight excluding hydrogens is 428 g/mol. The molecule has 2 N–H and O–H groups in total. The summed E-state index contributed by atoms with van der Waals surface area (Å²) in [6.07, 6.45) is 3.11. The van der Waals surface area contributed by atoms with E-state index < -0.39 is 0 Å². The maximum atomic E-state index is 12.7. The number of rotatable bonds is 5. The molecule has 3 aromatic rings. The molecule has 0 unspecified atom stereocenters. The summed E-state index contributed by atoms with van der Waals surface area (Å²) in [5.74, 6) is 0.262. The van der Waals surface area contributed by atoms with Gasteiger partial charge in [-0.15, -0.1) is 0 Å². The number of amides is 2. The van der Waals surface area contributed by atoms with Crippen molar-refractivity contribution in [3.8, 4) is 5.75 Å². The minimum atomic E-state index is -0.253. The van der Waals surface area contributed by atoms with Gasteiger partial charge in [0.25, 0.3) is 5.91 Å². The first-order valence-electron chi connectivity index (χ1n) is 11.5. The number of aromatic hydroxyl groups is 1. The van der Waals surface area contributed by atoms with Gasteiger partial charge >= 0.3 is 0 Å². The average Bonchev–Trinajstić information content (AvgIpc) is 2.82. The van der Waals surface area contributed by atoms with Crippen molar-refractivity contribution in [1.29, 1.82) is 0 Å². The topological polar surface area (TPSA) is 95.4 Å². The van der Waals surface area contributed by atoms with E-state index in [1.807, 2.05) is 36.4 Å². The van der Waals surface area contributed by atoms with Crippen LogP contribution in [0.15, 0.2) is 54.7 Å². The molecule has 0 radical (unpaired) electrons. The molecule has 0 bridgehead atoms. The monoisotopic (exact) mass is 458 g/mol. The van der Waals surface area contributed by atoms with Crippen LogP contribution < -0.4 is 5.32 Å². The second-order valence-electron chi connectivity index (χ2n) is 9.64. The largest absolute Gasteiger partial charge is 0.508 e. The number of hydrogen-bond donors (Lipinski definition) is 2. The van der Waals surface area contributed by atoms with Gasteiger partial charge in [-0.1, -0.05) is 51.1 Å². The van der Waals surface area contributed by atoms with Crippen molar-refractivity contribution >= 4 is 17.8 Å². The molecular formula is C27H30N4O3. The number of nitrogens with zero attached hydrogens (tertiary/aromatic N) is 3. The minimum absolute atomic E-state index is 0.0230. The number of para-hydroxylation sites is 1. The number of aromatic nitrogens is 2. The quantitative estimate of drug-likeness (QED) is 0.596. The van der Waals surface area contributed by atoms with Gasteiger partial charge in [0.2, 0.25) is 11.9 Å². The Morgan fingerprint density at radius 3 is 2.53 bits per heavy atom. The van der Waals surface area contributed by atoms with Crippen LogP contribution in [-0.4, -0.2) is 38.3 Å². The molecule has 7 heteroatoms. The van der Waals surface area contributed by atoms with Crippen LogP contribution in [0, 0.1) is 0 Å². The maximum Gasteiger partial charge on any atom is 0.258 e. The number of anilines is 1. The molecule has 4 rings (SSSR count). The number of aryl methyl sites for hydroxylation is 1. The molecule has 2 heterocycles. The molecule has 34 heavy (non-hydrogen) atoms. The first-order chi connectivity index (χ1) is 16.2. The third-order valence-electron chi connectivity index (χ3n) is 6.12. The van der Waals surface area contributed by atoms with Crippen LogP contribution in [0.25, 0.3) is 0 Å². The third-order valence-corrected chi connectivity index (χ3v) is 6.12. The summed E-state index contributed by atoms with van der Waals surface area (Å²) >= 11 is 0. The van der Waals surface area contributed by atoms with Crippen molar-refractivity contribution < 1.29 is 14.7 Å². The Morgan fingerprint density at radius 1 is 1.09 bits per heavy atom. The lowest BCUT2D eigenvalue weighted by Gasteiger charge is -2.28. The van der Waals surface area contributed by atoms with Gasteiger partial charge in [0.05, 0.1) is 5.69 Å². The Bertz CT molecular complexity index is 1200. The molecule has 176 valence electrons. The molecule has 7 nitrogen and oxygen atoms in total. The van der Waals surface area contributed by atoms with Crippen LogP contribution in [0.3, 0.4) is 0 Å². The number of benzene rings is 2. The van der Waals surface area contributed by atoms with Crippen molar-refractivity contribution in [1.82, 2.24) is 14.9 Å². The molecule has 1 aromatic heterocycles. The normalized spacial score (nSPS) is 13.3. The van der Waals surface area contributed by atoms with Gasteiger partial charge in [-0.2, -0.15) is 0 Å². The lowest BCUT2D eigenvalue weighted by Crippen LogP contribution is -2.36. The summed E-state index contributed by atoms with van der Waals surface area (Å²) in [6, 6.07) is 14.6. The third kappa shape index (κ3) is 5.42. The van der Waals surface area contributed by atoms with E-state index in [4.69, 9.17) is 0 Å². The Hall–Kier alpha value is -3.74. The first-order valence-corrected chi connectivity index (χ1v) is 11.5. The van der Waals surface area contributed by atoms with Gasteiger partial charge in [-0.3, -0.25) is 14.9 Å². The number of phenols is 1. The molecule has 0 atom stereocenters. The zero-order chi connectivity index (χ0) is 24.3. The molecule has 0 saturated heterocycles. The summed E-state index contributed by atoms with van der Waals surface area (Å²) in [6.45, 7) is 7.40. The molecule has 2 aromatic carbocycles. The lowest BCUT2D eigenvalue weighted by atomic mass is 9.87. The molecule has 0 spiro atoms. The van der Waals surface area contributed by atoms with Crippen molar-refractivity contribution in [2.45, 2.75) is 52.0 Å². The fraction of sp³-hybridized carbons (Fsp3) is 0.333. The smallest absolute Gasteiger partial charge is 0.258 e. The highest BCUT2D eigenvalue weighted by Crippen LogP contribution is 2.23. The summed E-state index contributed by atoms with van der Waals surface area (Å²) in [4.78, 5) is 35.9. The van der Waals surface area contributed by atoms with Gasteiger partial charge in [0.1, 0.15) is 5.75 Å². The fourth-order valence-corrected chi connectivity index (χ4v) is 4.01. The van der Waals surface area contributed by atoms with Gasteiger partial charge in [-0.25, -0.2) is 9.97 Å². The van der Waals surface area contributed by atoms with Crippen molar-refractivity contribution in [3.05, 3.63) is 82.7 Å². The number of carbonyl (C=O) groups is 2. The van der Waals surface area contributed by atoms with Crippen LogP contribution in [-0.2, 0) is 29.6 Å². The van der Waals surface area contributed by atoms with Crippen molar-refractivity contribution in [2.24, 2.45) is 0 Å². The zero-order valence-corrected chi connectivity index (χ0v) is 19.8. The standard InChI is InChI=1S/C27H30N4O3/c1-27(2,3)21-11-8-19(9-12-21)25(34)30-26-28-16-20-17-31(15-14-22(20)29-26)24(33)13-10-18-6-4-5-7-23(18)32/h4-9,11-12,16,32H,10,13-15,17H2,1-3H3,(H,28,29,30,34). The highest BCUT2D eigenvalue weighted by atomic mass is 16.3. The summed E-state index contributed by atoms with van der Waals surface area (Å²) in [7, 11) is 0. The molecule has 0 saturated carbocycles. The van der Waals surface area contributed by atoms with E-state index in [9.17, 15) is 14.7 Å². The molecule has 1 aliphatic heterocycles. The van der Waals surface area contributed by atoms with Crippen LogP contribution in [0.2, 0.25) is 0 Å². The predicted octanol–water partition coefficient (Wildman–Crippen LogP) is 4.25. The minimum Gasteiger partial charge on any atom is -0.508 e. The fourth-order valence-electron chi connectivity index (χ4n) is 4.01. The van der Waals surface area contributed by atoms with Crippen molar-refractivity contribution in [2.75, 3.05) is 11.9 Å². The van der Waals surface area contributed by atoms with E-state index in [0.717, 1.165) is 22.4 Å². The van der Waals surface area contributed by atoms with E-state index in [1.54, 1.807) is 23.2 Å². The van der Waals surface area contributed by atoms with E-state index in [0.29, 0.717) is 37.9 Å². The summed E-state index contributed by atoms with van der Waals surface area (Å²) in [5, 5.41) is 12.7.